The van der Waals surface area contributed by atoms with E-state index in [4.69, 9.17) is 11.6 Å². The van der Waals surface area contributed by atoms with Crippen molar-refractivity contribution in [1.82, 2.24) is 9.97 Å². The molecule has 15 heavy (non-hydrogen) atoms. The molecule has 1 aromatic carbocycles. The second-order valence-corrected chi connectivity index (χ2v) is 3.15. The molecule has 0 saturated carbocycles. The van der Waals surface area contributed by atoms with Crippen LogP contribution in [0.2, 0.25) is 5.02 Å². The first-order chi connectivity index (χ1) is 7.09. The van der Waals surface area contributed by atoms with Crippen molar-refractivity contribution in [3.05, 3.63) is 16.9 Å². The molecule has 1 aromatic heterocycles. The number of nitrogens with one attached hydrogen (secondary N) is 1. The highest BCUT2D eigenvalue weighted by atomic mass is 35.5. The van der Waals surface area contributed by atoms with Crippen molar-refractivity contribution in [2.24, 2.45) is 0 Å². The fourth-order valence-electron chi connectivity index (χ4n) is 1.21. The standard InChI is InChI=1S/C8H7ClN2O2.C2H6/c1-3-10-4-2-5(12)8(13)6(9)7(4)11-3;1-2/h2,12-13H,1H3,(H,10,11);1-2H3. The number of hydrogen-bond donors (Lipinski definition) is 3. The van der Waals surface area contributed by atoms with Gasteiger partial charge in [-0.05, 0) is 6.92 Å². The molecule has 0 amide bonds. The van der Waals surface area contributed by atoms with Gasteiger partial charge >= 0.3 is 0 Å². The van der Waals surface area contributed by atoms with Gasteiger partial charge < -0.3 is 15.2 Å². The Balaban J connectivity index is 0.000000531. The van der Waals surface area contributed by atoms with E-state index in [0.717, 1.165) is 0 Å². The fourth-order valence-corrected chi connectivity index (χ4v) is 1.45. The van der Waals surface area contributed by atoms with Gasteiger partial charge in [0.1, 0.15) is 16.4 Å². The van der Waals surface area contributed by atoms with Crippen LogP contribution < -0.4 is 0 Å². The molecule has 0 aliphatic carbocycles. The summed E-state index contributed by atoms with van der Waals surface area (Å²) in [5, 5.41) is 18.6. The van der Waals surface area contributed by atoms with E-state index >= 15 is 0 Å². The number of phenols is 2. The van der Waals surface area contributed by atoms with Crippen LogP contribution in [0.3, 0.4) is 0 Å². The van der Waals surface area contributed by atoms with Crippen LogP contribution in [0.25, 0.3) is 11.0 Å². The minimum absolute atomic E-state index is 0.0688. The van der Waals surface area contributed by atoms with Crippen LogP contribution in [-0.2, 0) is 0 Å². The lowest BCUT2D eigenvalue weighted by Gasteiger charge is -1.99. The van der Waals surface area contributed by atoms with Crippen LogP contribution in [-0.4, -0.2) is 20.2 Å². The molecule has 0 aliphatic heterocycles. The van der Waals surface area contributed by atoms with Crippen molar-refractivity contribution in [3.8, 4) is 11.5 Å². The molecule has 0 saturated heterocycles. The molecule has 0 radical (unpaired) electrons. The van der Waals surface area contributed by atoms with Gasteiger partial charge in [0.2, 0.25) is 0 Å². The summed E-state index contributed by atoms with van der Waals surface area (Å²) in [6.07, 6.45) is 0. The smallest absolute Gasteiger partial charge is 0.178 e. The first kappa shape index (κ1) is 11.7. The highest BCUT2D eigenvalue weighted by Crippen LogP contribution is 2.38. The monoisotopic (exact) mass is 228 g/mol. The number of benzene rings is 1. The van der Waals surface area contributed by atoms with Crippen molar-refractivity contribution in [1.29, 1.82) is 0 Å². The highest BCUT2D eigenvalue weighted by Gasteiger charge is 2.12. The van der Waals surface area contributed by atoms with Gasteiger partial charge in [0.15, 0.2) is 11.5 Å². The average molecular weight is 229 g/mol. The molecular weight excluding hydrogens is 216 g/mol. The fraction of sp³-hybridized carbons (Fsp3) is 0.300. The molecule has 0 fully saturated rings. The van der Waals surface area contributed by atoms with E-state index in [2.05, 4.69) is 9.97 Å². The third-order valence-electron chi connectivity index (χ3n) is 1.79. The Bertz CT molecular complexity index is 480. The summed E-state index contributed by atoms with van der Waals surface area (Å²) in [5.74, 6) is 0.101. The second-order valence-electron chi connectivity index (χ2n) is 2.78. The van der Waals surface area contributed by atoms with Crippen molar-refractivity contribution < 1.29 is 10.2 Å². The summed E-state index contributed by atoms with van der Waals surface area (Å²) < 4.78 is 0. The maximum atomic E-state index is 9.28. The number of halogens is 1. The average Bonchev–Trinajstić information content (AvgIpc) is 2.59. The summed E-state index contributed by atoms with van der Waals surface area (Å²) in [4.78, 5) is 6.96. The number of nitrogens with zero attached hydrogens (tertiary/aromatic N) is 1. The van der Waals surface area contributed by atoms with E-state index in [0.29, 0.717) is 16.9 Å². The van der Waals surface area contributed by atoms with Gasteiger partial charge in [0.25, 0.3) is 0 Å². The predicted octanol–water partition coefficient (Wildman–Crippen LogP) is 2.96. The molecule has 0 aliphatic rings. The molecule has 1 heterocycles. The van der Waals surface area contributed by atoms with Crippen LogP contribution in [0.1, 0.15) is 19.7 Å². The predicted molar refractivity (Wildman–Crippen MR) is 60.5 cm³/mol. The Hall–Kier alpha value is -1.42. The lowest BCUT2D eigenvalue weighted by Crippen LogP contribution is -1.75. The first-order valence-electron chi connectivity index (χ1n) is 4.66. The lowest BCUT2D eigenvalue weighted by molar-refractivity contribution is 0.405. The molecule has 0 atom stereocenters. The quantitative estimate of drug-likeness (QED) is 0.607. The number of hydrogen-bond acceptors (Lipinski definition) is 3. The molecular formula is C10H13ClN2O2. The Morgan fingerprint density at radius 1 is 1.33 bits per heavy atom. The topological polar surface area (TPSA) is 69.1 Å². The van der Waals surface area contributed by atoms with Crippen molar-refractivity contribution in [3.63, 3.8) is 0 Å². The maximum Gasteiger partial charge on any atom is 0.178 e. The number of H-pyrrole nitrogens is 1. The van der Waals surface area contributed by atoms with Gasteiger partial charge in [-0.3, -0.25) is 0 Å². The SMILES string of the molecule is CC.Cc1nc2c(Cl)c(O)c(O)cc2[nH]1. The molecule has 2 rings (SSSR count). The number of imidazole rings is 1. The van der Waals surface area contributed by atoms with Crippen LogP contribution in [0, 0.1) is 6.92 Å². The minimum Gasteiger partial charge on any atom is -0.504 e. The Labute approximate surface area is 92.5 Å². The minimum atomic E-state index is -0.333. The van der Waals surface area contributed by atoms with Crippen LogP contribution in [0.4, 0.5) is 0 Å². The van der Waals surface area contributed by atoms with Crippen molar-refractivity contribution in [2.45, 2.75) is 20.8 Å². The zero-order valence-corrected chi connectivity index (χ0v) is 9.55. The number of aryl methyl sites for hydroxylation is 1. The summed E-state index contributed by atoms with van der Waals surface area (Å²) in [6.45, 7) is 5.77. The number of rotatable bonds is 0. The number of aromatic amines is 1. The second kappa shape index (κ2) is 4.40. The third kappa shape index (κ3) is 1.99. The molecule has 4 nitrogen and oxygen atoms in total. The normalized spacial score (nSPS) is 9.87. The van der Waals surface area contributed by atoms with Crippen LogP contribution >= 0.6 is 11.6 Å². The Morgan fingerprint density at radius 2 is 1.93 bits per heavy atom. The van der Waals surface area contributed by atoms with Gasteiger partial charge in [-0.2, -0.15) is 0 Å². The number of fused-ring (bicyclic) bond motifs is 1. The molecule has 0 bridgehead atoms. The Kier molecular flexibility index (Phi) is 3.42. The van der Waals surface area contributed by atoms with Crippen LogP contribution in [0.15, 0.2) is 6.07 Å². The van der Waals surface area contributed by atoms with Gasteiger partial charge in [-0.1, -0.05) is 25.4 Å². The van der Waals surface area contributed by atoms with Gasteiger partial charge in [0.05, 0.1) is 5.52 Å². The Morgan fingerprint density at radius 3 is 2.53 bits per heavy atom. The summed E-state index contributed by atoms with van der Waals surface area (Å²) in [6, 6.07) is 1.39. The number of aromatic nitrogens is 2. The molecule has 2 aromatic rings. The molecule has 3 N–H and O–H groups in total. The number of phenolic OH excluding ortho intramolecular Hbond substituents is 2. The first-order valence-corrected chi connectivity index (χ1v) is 5.04. The van der Waals surface area contributed by atoms with Gasteiger partial charge in [-0.25, -0.2) is 4.98 Å². The van der Waals surface area contributed by atoms with Crippen molar-refractivity contribution in [2.75, 3.05) is 0 Å². The lowest BCUT2D eigenvalue weighted by atomic mass is 10.3. The van der Waals surface area contributed by atoms with Crippen molar-refractivity contribution >= 4 is 22.6 Å². The van der Waals surface area contributed by atoms with E-state index < -0.39 is 0 Å². The summed E-state index contributed by atoms with van der Waals surface area (Å²) in [5.41, 5.74) is 1.08. The molecule has 0 unspecified atom stereocenters. The van der Waals surface area contributed by atoms with Crippen LogP contribution in [0.5, 0.6) is 11.5 Å². The van der Waals surface area contributed by atoms with E-state index in [1.165, 1.54) is 6.07 Å². The van der Waals surface area contributed by atoms with Gasteiger partial charge in [-0.15, -0.1) is 0 Å². The van der Waals surface area contributed by atoms with Gasteiger partial charge in [0, 0.05) is 6.07 Å². The molecule has 82 valence electrons. The zero-order chi connectivity index (χ0) is 11.6. The summed E-state index contributed by atoms with van der Waals surface area (Å²) >= 11 is 5.75. The zero-order valence-electron chi connectivity index (χ0n) is 8.80. The third-order valence-corrected chi connectivity index (χ3v) is 2.15. The largest absolute Gasteiger partial charge is 0.504 e. The number of aromatic hydroxyl groups is 2. The molecule has 0 spiro atoms. The highest BCUT2D eigenvalue weighted by molar-refractivity contribution is 6.36. The summed E-state index contributed by atoms with van der Waals surface area (Å²) in [7, 11) is 0. The van der Waals surface area contributed by atoms with E-state index in [1.54, 1.807) is 6.92 Å². The van der Waals surface area contributed by atoms with E-state index in [1.807, 2.05) is 13.8 Å². The maximum absolute atomic E-state index is 9.28. The van der Waals surface area contributed by atoms with E-state index in [9.17, 15) is 10.2 Å². The van der Waals surface area contributed by atoms with E-state index in [-0.39, 0.29) is 16.5 Å². The molecule has 5 heteroatoms.